The molecule has 1 aliphatic rings. The summed E-state index contributed by atoms with van der Waals surface area (Å²) in [6.07, 6.45) is 4.35. The topological polar surface area (TPSA) is 46.6 Å². The average Bonchev–Trinajstić information content (AvgIpc) is 2.78. The van der Waals surface area contributed by atoms with E-state index in [1.165, 1.54) is 0 Å². The van der Waals surface area contributed by atoms with Gasteiger partial charge in [-0.25, -0.2) is 0 Å². The monoisotopic (exact) mass is 317 g/mol. The highest BCUT2D eigenvalue weighted by Crippen LogP contribution is 2.22. The molecule has 1 atom stereocenters. The minimum absolute atomic E-state index is 0.00554. The summed E-state index contributed by atoms with van der Waals surface area (Å²) in [5.74, 6) is 0.543. The normalized spacial score (nSPS) is 18.6. The third-order valence-electron chi connectivity index (χ3n) is 4.65. The Bertz CT molecular complexity index is 568. The Hall–Kier alpha value is -1.68. The number of methoxy groups -OCH3 is 1. The zero-order valence-corrected chi connectivity index (χ0v) is 14.4. The van der Waals surface area contributed by atoms with Crippen LogP contribution >= 0.6 is 0 Å². The van der Waals surface area contributed by atoms with Gasteiger partial charge in [-0.2, -0.15) is 0 Å². The lowest BCUT2D eigenvalue weighted by Crippen LogP contribution is -2.35. The van der Waals surface area contributed by atoms with Crippen molar-refractivity contribution in [3.63, 3.8) is 0 Å². The number of benzene rings is 1. The van der Waals surface area contributed by atoms with Gasteiger partial charge in [0.1, 0.15) is 0 Å². The zero-order valence-electron chi connectivity index (χ0n) is 14.4. The minimum atomic E-state index is 0.00554. The Labute approximate surface area is 138 Å². The number of hydrogen-bond acceptors (Lipinski definition) is 3. The number of aryl methyl sites for hydroxylation is 1. The molecule has 126 valence electrons. The van der Waals surface area contributed by atoms with Crippen molar-refractivity contribution < 1.29 is 14.3 Å². The maximum Gasteiger partial charge on any atom is 0.253 e. The van der Waals surface area contributed by atoms with Crippen LogP contribution < -0.4 is 0 Å². The number of ketones is 1. The van der Waals surface area contributed by atoms with Gasteiger partial charge in [-0.3, -0.25) is 9.59 Å². The second kappa shape index (κ2) is 8.25. The molecule has 0 unspecified atom stereocenters. The van der Waals surface area contributed by atoms with Gasteiger partial charge < -0.3 is 9.64 Å². The zero-order chi connectivity index (χ0) is 16.8. The molecule has 0 bridgehead atoms. The highest BCUT2D eigenvalue weighted by Gasteiger charge is 2.23. The summed E-state index contributed by atoms with van der Waals surface area (Å²) in [6, 6.07) is 5.44. The Morgan fingerprint density at radius 3 is 2.78 bits per heavy atom. The highest BCUT2D eigenvalue weighted by atomic mass is 16.5. The summed E-state index contributed by atoms with van der Waals surface area (Å²) >= 11 is 0. The number of hydrogen-bond donors (Lipinski definition) is 0. The molecule has 1 heterocycles. The lowest BCUT2D eigenvalue weighted by molar-refractivity contribution is 0.0728. The standard InChI is InChI=1S/C19H27NO3/c1-14-7-8-17(12-18(14)15(2)21)19(22)20-10-5-4-6-16(13-20)9-11-23-3/h7-8,12,16H,4-6,9-11,13H2,1-3H3/t16-/m1/s1. The molecule has 0 N–H and O–H groups in total. The Kier molecular flexibility index (Phi) is 6.34. The first-order valence-electron chi connectivity index (χ1n) is 8.42. The first-order chi connectivity index (χ1) is 11.0. The van der Waals surface area contributed by atoms with Crippen LogP contribution in [0.5, 0.6) is 0 Å². The second-order valence-corrected chi connectivity index (χ2v) is 6.48. The van der Waals surface area contributed by atoms with Gasteiger partial charge in [0, 0.05) is 37.9 Å². The van der Waals surface area contributed by atoms with E-state index in [9.17, 15) is 9.59 Å². The molecular weight excluding hydrogens is 290 g/mol. The molecule has 2 rings (SSSR count). The van der Waals surface area contributed by atoms with E-state index in [2.05, 4.69) is 0 Å². The van der Waals surface area contributed by atoms with Crippen LogP contribution in [0.2, 0.25) is 0 Å². The molecule has 0 radical (unpaired) electrons. The van der Waals surface area contributed by atoms with Gasteiger partial charge in [-0.05, 0) is 56.7 Å². The fourth-order valence-electron chi connectivity index (χ4n) is 3.25. The van der Waals surface area contributed by atoms with Crippen molar-refractivity contribution in [2.75, 3.05) is 26.8 Å². The summed E-state index contributed by atoms with van der Waals surface area (Å²) in [5, 5.41) is 0. The number of Topliss-reactive ketones (excluding diaryl/α,β-unsaturated/α-hetero) is 1. The number of carbonyl (C=O) groups is 2. The van der Waals surface area contributed by atoms with E-state index >= 15 is 0 Å². The van der Waals surface area contributed by atoms with Crippen molar-refractivity contribution in [3.8, 4) is 0 Å². The molecule has 1 aromatic carbocycles. The van der Waals surface area contributed by atoms with Crippen LogP contribution in [-0.4, -0.2) is 43.4 Å². The third kappa shape index (κ3) is 4.64. The van der Waals surface area contributed by atoms with Gasteiger partial charge in [0.25, 0.3) is 5.91 Å². The molecule has 23 heavy (non-hydrogen) atoms. The van der Waals surface area contributed by atoms with E-state index < -0.39 is 0 Å². The van der Waals surface area contributed by atoms with E-state index in [0.717, 1.165) is 50.9 Å². The molecule has 1 aromatic rings. The average molecular weight is 317 g/mol. The van der Waals surface area contributed by atoms with E-state index in [1.54, 1.807) is 20.1 Å². The maximum atomic E-state index is 12.8. The second-order valence-electron chi connectivity index (χ2n) is 6.48. The van der Waals surface area contributed by atoms with Crippen LogP contribution in [0.25, 0.3) is 0 Å². The number of nitrogens with zero attached hydrogens (tertiary/aromatic N) is 1. The number of likely N-dealkylation sites (tertiary alicyclic amines) is 1. The van der Waals surface area contributed by atoms with E-state index in [1.807, 2.05) is 24.0 Å². The van der Waals surface area contributed by atoms with Crippen LogP contribution in [0.4, 0.5) is 0 Å². The molecular formula is C19H27NO3. The fraction of sp³-hybridized carbons (Fsp3) is 0.579. The molecule has 1 fully saturated rings. The molecule has 1 saturated heterocycles. The van der Waals surface area contributed by atoms with Gasteiger partial charge in [0.15, 0.2) is 5.78 Å². The highest BCUT2D eigenvalue weighted by molar-refractivity contribution is 6.00. The van der Waals surface area contributed by atoms with Crippen molar-refractivity contribution in [1.29, 1.82) is 0 Å². The summed E-state index contributed by atoms with van der Waals surface area (Å²) in [5.41, 5.74) is 2.18. The maximum absolute atomic E-state index is 12.8. The van der Waals surface area contributed by atoms with Gasteiger partial charge >= 0.3 is 0 Å². The van der Waals surface area contributed by atoms with Crippen molar-refractivity contribution in [3.05, 3.63) is 34.9 Å². The van der Waals surface area contributed by atoms with Gasteiger partial charge in [0.05, 0.1) is 0 Å². The van der Waals surface area contributed by atoms with Crippen LogP contribution in [0.1, 0.15) is 58.9 Å². The SMILES string of the molecule is COCC[C@H]1CCCCN(C(=O)c2ccc(C)c(C(C)=O)c2)C1. The number of rotatable bonds is 5. The molecule has 0 saturated carbocycles. The lowest BCUT2D eigenvalue weighted by Gasteiger charge is -2.25. The molecule has 0 spiro atoms. The van der Waals surface area contributed by atoms with Crippen molar-refractivity contribution >= 4 is 11.7 Å². The van der Waals surface area contributed by atoms with Gasteiger partial charge in [0.2, 0.25) is 0 Å². The fourth-order valence-corrected chi connectivity index (χ4v) is 3.25. The van der Waals surface area contributed by atoms with Crippen molar-refractivity contribution in [1.82, 2.24) is 4.90 Å². The van der Waals surface area contributed by atoms with Crippen molar-refractivity contribution in [2.45, 2.75) is 39.5 Å². The Morgan fingerprint density at radius 2 is 2.09 bits per heavy atom. The van der Waals surface area contributed by atoms with E-state index in [-0.39, 0.29) is 11.7 Å². The van der Waals surface area contributed by atoms with E-state index in [4.69, 9.17) is 4.74 Å². The Morgan fingerprint density at radius 1 is 1.30 bits per heavy atom. The number of carbonyl (C=O) groups excluding carboxylic acids is 2. The smallest absolute Gasteiger partial charge is 0.253 e. The van der Waals surface area contributed by atoms with Crippen LogP contribution in [-0.2, 0) is 4.74 Å². The van der Waals surface area contributed by atoms with Crippen LogP contribution in [0, 0.1) is 12.8 Å². The quantitative estimate of drug-likeness (QED) is 0.781. The Balaban J connectivity index is 2.14. The summed E-state index contributed by atoms with van der Waals surface area (Å²) < 4.78 is 5.18. The van der Waals surface area contributed by atoms with Crippen molar-refractivity contribution in [2.24, 2.45) is 5.92 Å². The predicted molar refractivity (Wildman–Crippen MR) is 90.9 cm³/mol. The molecule has 4 heteroatoms. The first kappa shape index (κ1) is 17.7. The molecule has 4 nitrogen and oxygen atoms in total. The number of amides is 1. The molecule has 0 aliphatic carbocycles. The van der Waals surface area contributed by atoms with Gasteiger partial charge in [-0.15, -0.1) is 0 Å². The largest absolute Gasteiger partial charge is 0.385 e. The summed E-state index contributed by atoms with van der Waals surface area (Å²) in [6.45, 7) is 5.77. The first-order valence-corrected chi connectivity index (χ1v) is 8.42. The van der Waals surface area contributed by atoms with Crippen LogP contribution in [0.3, 0.4) is 0 Å². The third-order valence-corrected chi connectivity index (χ3v) is 4.65. The minimum Gasteiger partial charge on any atom is -0.385 e. The summed E-state index contributed by atoms with van der Waals surface area (Å²) in [4.78, 5) is 26.5. The number of ether oxygens (including phenoxy) is 1. The predicted octanol–water partition coefficient (Wildman–Crippen LogP) is 3.48. The van der Waals surface area contributed by atoms with E-state index in [0.29, 0.717) is 17.0 Å². The molecule has 1 amide bonds. The van der Waals surface area contributed by atoms with Crippen LogP contribution in [0.15, 0.2) is 18.2 Å². The molecule has 0 aromatic heterocycles. The lowest BCUT2D eigenvalue weighted by atomic mass is 9.99. The summed E-state index contributed by atoms with van der Waals surface area (Å²) in [7, 11) is 1.72. The molecule has 1 aliphatic heterocycles. The van der Waals surface area contributed by atoms with Gasteiger partial charge in [-0.1, -0.05) is 12.5 Å².